The molecule has 0 heterocycles. The summed E-state index contributed by atoms with van der Waals surface area (Å²) in [5.41, 5.74) is 0.601. The Morgan fingerprint density at radius 1 is 1.18 bits per heavy atom. The van der Waals surface area contributed by atoms with Crippen LogP contribution in [-0.4, -0.2) is 36.6 Å². The zero-order valence-electron chi connectivity index (χ0n) is 15.6. The predicted molar refractivity (Wildman–Crippen MR) is 101 cm³/mol. The van der Waals surface area contributed by atoms with Gasteiger partial charge in [-0.05, 0) is 43.7 Å². The van der Waals surface area contributed by atoms with E-state index in [1.165, 1.54) is 32.2 Å². The molecule has 1 amide bonds. The molecule has 2 rings (SSSR count). The summed E-state index contributed by atoms with van der Waals surface area (Å²) in [6.07, 6.45) is -0.926. The molecule has 0 saturated carbocycles. The van der Waals surface area contributed by atoms with Crippen molar-refractivity contribution in [2.45, 2.75) is 20.0 Å². The van der Waals surface area contributed by atoms with Crippen molar-refractivity contribution >= 4 is 23.3 Å². The van der Waals surface area contributed by atoms with E-state index in [-0.39, 0.29) is 17.1 Å². The van der Waals surface area contributed by atoms with Gasteiger partial charge in [-0.2, -0.15) is 0 Å². The van der Waals surface area contributed by atoms with E-state index in [1.54, 1.807) is 18.2 Å². The number of anilines is 1. The summed E-state index contributed by atoms with van der Waals surface area (Å²) in [5, 5.41) is 13.5. The van der Waals surface area contributed by atoms with Crippen LogP contribution < -0.4 is 14.8 Å². The summed E-state index contributed by atoms with van der Waals surface area (Å²) in [6.45, 7) is 2.78. The highest BCUT2D eigenvalue weighted by molar-refractivity contribution is 5.95. The number of rotatable bonds is 8. The first-order chi connectivity index (χ1) is 13.3. The van der Waals surface area contributed by atoms with Crippen LogP contribution in [0.1, 0.15) is 12.5 Å². The highest BCUT2D eigenvalue weighted by Gasteiger charge is 2.20. The summed E-state index contributed by atoms with van der Waals surface area (Å²) >= 11 is 0. The van der Waals surface area contributed by atoms with Crippen LogP contribution in [-0.2, 0) is 14.3 Å². The Bertz CT molecular complexity index is 882. The standard InChI is InChI=1S/C19H20N2O7/c1-12-5-4-6-15(9-12)28-13(2)19(23)27-11-18(22)20-16-8-7-14(26-3)10-17(16)21(24)25/h4-10,13H,11H2,1-3H3,(H,20,22)/t13-/m1/s1. The largest absolute Gasteiger partial charge is 0.496 e. The number of aryl methyl sites for hydroxylation is 1. The fourth-order valence-electron chi connectivity index (χ4n) is 2.28. The van der Waals surface area contributed by atoms with Crippen molar-refractivity contribution in [2.24, 2.45) is 0 Å². The molecule has 0 radical (unpaired) electrons. The average molecular weight is 388 g/mol. The number of esters is 1. The lowest BCUT2D eigenvalue weighted by Gasteiger charge is -2.14. The maximum atomic E-state index is 12.0. The van der Waals surface area contributed by atoms with Crippen LogP contribution in [0.3, 0.4) is 0 Å². The van der Waals surface area contributed by atoms with Crippen molar-refractivity contribution in [2.75, 3.05) is 19.0 Å². The van der Waals surface area contributed by atoms with Crippen molar-refractivity contribution < 1.29 is 28.7 Å². The minimum Gasteiger partial charge on any atom is -0.496 e. The smallest absolute Gasteiger partial charge is 0.347 e. The minimum absolute atomic E-state index is 0.0316. The molecule has 1 N–H and O–H groups in total. The summed E-state index contributed by atoms with van der Waals surface area (Å²) in [5.74, 6) is -0.675. The van der Waals surface area contributed by atoms with Crippen molar-refractivity contribution in [1.82, 2.24) is 0 Å². The summed E-state index contributed by atoms with van der Waals surface area (Å²) in [6, 6.07) is 11.1. The summed E-state index contributed by atoms with van der Waals surface area (Å²) in [4.78, 5) is 34.5. The van der Waals surface area contributed by atoms with Crippen molar-refractivity contribution in [1.29, 1.82) is 0 Å². The van der Waals surface area contributed by atoms with E-state index in [0.29, 0.717) is 5.75 Å². The summed E-state index contributed by atoms with van der Waals surface area (Å²) in [7, 11) is 1.37. The third kappa shape index (κ3) is 5.70. The first-order valence-electron chi connectivity index (χ1n) is 8.32. The van der Waals surface area contributed by atoms with Gasteiger partial charge in [0, 0.05) is 0 Å². The quantitative estimate of drug-likeness (QED) is 0.420. The number of methoxy groups -OCH3 is 1. The Kier molecular flexibility index (Phi) is 6.91. The van der Waals surface area contributed by atoms with Gasteiger partial charge in [-0.25, -0.2) is 4.79 Å². The van der Waals surface area contributed by atoms with Crippen LogP contribution in [0.4, 0.5) is 11.4 Å². The number of carbonyl (C=O) groups excluding carboxylic acids is 2. The van der Waals surface area contributed by atoms with Crippen LogP contribution in [0.25, 0.3) is 0 Å². The minimum atomic E-state index is -0.926. The lowest BCUT2D eigenvalue weighted by atomic mass is 10.2. The first kappa shape index (κ1) is 20.7. The van der Waals surface area contributed by atoms with Gasteiger partial charge in [-0.3, -0.25) is 14.9 Å². The molecule has 0 fully saturated rings. The van der Waals surface area contributed by atoms with E-state index >= 15 is 0 Å². The van der Waals surface area contributed by atoms with E-state index < -0.39 is 29.5 Å². The van der Waals surface area contributed by atoms with Crippen molar-refractivity contribution in [3.8, 4) is 11.5 Å². The van der Waals surface area contributed by atoms with Gasteiger partial charge in [0.05, 0.1) is 18.1 Å². The predicted octanol–water partition coefficient (Wildman–Crippen LogP) is 2.86. The van der Waals surface area contributed by atoms with Crippen molar-refractivity contribution in [3.05, 3.63) is 58.1 Å². The number of nitrogens with one attached hydrogen (secondary N) is 1. The van der Waals surface area contributed by atoms with E-state index in [9.17, 15) is 19.7 Å². The first-order valence-corrected chi connectivity index (χ1v) is 8.32. The van der Waals surface area contributed by atoms with E-state index in [0.717, 1.165) is 5.56 Å². The fraction of sp³-hybridized carbons (Fsp3) is 0.263. The summed E-state index contributed by atoms with van der Waals surface area (Å²) < 4.78 is 15.3. The molecule has 0 unspecified atom stereocenters. The number of carbonyl (C=O) groups is 2. The molecule has 0 saturated heterocycles. The molecule has 1 atom stereocenters. The Hall–Kier alpha value is -3.62. The third-order valence-corrected chi connectivity index (χ3v) is 3.66. The molecule has 0 aromatic heterocycles. The lowest BCUT2D eigenvalue weighted by Crippen LogP contribution is -2.29. The second-order valence-electron chi connectivity index (χ2n) is 5.87. The van der Waals surface area contributed by atoms with Crippen molar-refractivity contribution in [3.63, 3.8) is 0 Å². The molecule has 2 aromatic rings. The molecular formula is C19H20N2O7. The molecule has 28 heavy (non-hydrogen) atoms. The molecule has 9 heteroatoms. The number of benzene rings is 2. The molecule has 9 nitrogen and oxygen atoms in total. The van der Waals surface area contributed by atoms with E-state index in [4.69, 9.17) is 14.2 Å². The highest BCUT2D eigenvalue weighted by Crippen LogP contribution is 2.28. The molecule has 0 aliphatic carbocycles. The average Bonchev–Trinajstić information content (AvgIpc) is 2.66. The molecule has 148 valence electrons. The normalized spacial score (nSPS) is 11.2. The number of hydrogen-bond acceptors (Lipinski definition) is 7. The molecule has 0 bridgehead atoms. The third-order valence-electron chi connectivity index (χ3n) is 3.66. The lowest BCUT2D eigenvalue weighted by molar-refractivity contribution is -0.384. The van der Waals surface area contributed by atoms with Gasteiger partial charge < -0.3 is 19.5 Å². The maximum absolute atomic E-state index is 12.0. The SMILES string of the molecule is COc1ccc(NC(=O)COC(=O)[C@@H](C)Oc2cccc(C)c2)c([N+](=O)[O-])c1. The highest BCUT2D eigenvalue weighted by atomic mass is 16.6. The second-order valence-corrected chi connectivity index (χ2v) is 5.87. The van der Waals surface area contributed by atoms with Crippen LogP contribution in [0.5, 0.6) is 11.5 Å². The number of nitro benzene ring substituents is 1. The Labute approximate surface area is 161 Å². The molecule has 0 aliphatic rings. The topological polar surface area (TPSA) is 117 Å². The fourth-order valence-corrected chi connectivity index (χ4v) is 2.28. The molecule has 0 aliphatic heterocycles. The van der Waals surface area contributed by atoms with Gasteiger partial charge in [0.1, 0.15) is 17.2 Å². The van der Waals surface area contributed by atoms with E-state index in [2.05, 4.69) is 5.32 Å². The van der Waals surface area contributed by atoms with Crippen LogP contribution in [0.15, 0.2) is 42.5 Å². The maximum Gasteiger partial charge on any atom is 0.347 e. The van der Waals surface area contributed by atoms with Gasteiger partial charge in [0.25, 0.3) is 11.6 Å². The number of amides is 1. The zero-order chi connectivity index (χ0) is 20.7. The molecular weight excluding hydrogens is 368 g/mol. The van der Waals surface area contributed by atoms with Gasteiger partial charge >= 0.3 is 5.97 Å². The van der Waals surface area contributed by atoms with Crippen LogP contribution in [0, 0.1) is 17.0 Å². The Morgan fingerprint density at radius 3 is 2.57 bits per heavy atom. The number of nitro groups is 1. The monoisotopic (exact) mass is 388 g/mol. The van der Waals surface area contributed by atoms with Crippen LogP contribution >= 0.6 is 0 Å². The van der Waals surface area contributed by atoms with Gasteiger partial charge in [0.2, 0.25) is 0 Å². The number of ether oxygens (including phenoxy) is 3. The van der Waals surface area contributed by atoms with Crippen LogP contribution in [0.2, 0.25) is 0 Å². The zero-order valence-corrected chi connectivity index (χ0v) is 15.6. The Morgan fingerprint density at radius 2 is 1.93 bits per heavy atom. The Balaban J connectivity index is 1.91. The molecule has 2 aromatic carbocycles. The van der Waals surface area contributed by atoms with Gasteiger partial charge in [-0.15, -0.1) is 0 Å². The van der Waals surface area contributed by atoms with Gasteiger partial charge in [0.15, 0.2) is 12.7 Å². The van der Waals surface area contributed by atoms with Gasteiger partial charge in [-0.1, -0.05) is 12.1 Å². The second kappa shape index (κ2) is 9.36. The number of hydrogen-bond donors (Lipinski definition) is 1. The molecule has 0 spiro atoms. The number of nitrogens with zero attached hydrogens (tertiary/aromatic N) is 1. The van der Waals surface area contributed by atoms with E-state index in [1.807, 2.05) is 13.0 Å².